The number of anilines is 1. The van der Waals surface area contributed by atoms with Gasteiger partial charge in [-0.2, -0.15) is 4.98 Å². The first-order valence-corrected chi connectivity index (χ1v) is 11.9. The molecule has 7 nitrogen and oxygen atoms in total. The van der Waals surface area contributed by atoms with E-state index in [2.05, 4.69) is 10.3 Å². The van der Waals surface area contributed by atoms with E-state index in [1.807, 2.05) is 19.9 Å². The highest BCUT2D eigenvalue weighted by atomic mass is 32.2. The van der Waals surface area contributed by atoms with E-state index >= 15 is 0 Å². The predicted octanol–water partition coefficient (Wildman–Crippen LogP) is 4.48. The average molecular weight is 484 g/mol. The van der Waals surface area contributed by atoms with Gasteiger partial charge in [0.25, 0.3) is 5.56 Å². The molecule has 0 fully saturated rings. The SMILES string of the molecule is COc1cc(C2CC(=O)Nc3c2c(=O)nc(SCc2ccc(F)cc2)n3C)ccc1OC(C)C. The van der Waals surface area contributed by atoms with E-state index in [9.17, 15) is 14.0 Å². The minimum absolute atomic E-state index is 0.0248. The molecule has 0 aliphatic carbocycles. The summed E-state index contributed by atoms with van der Waals surface area (Å²) < 4.78 is 26.2. The second kappa shape index (κ2) is 9.89. The van der Waals surface area contributed by atoms with E-state index in [1.54, 1.807) is 43.0 Å². The molecule has 0 bridgehead atoms. The normalized spacial score (nSPS) is 15.1. The number of benzene rings is 2. The number of hydrogen-bond donors (Lipinski definition) is 1. The van der Waals surface area contributed by atoms with E-state index in [1.165, 1.54) is 23.9 Å². The third kappa shape index (κ3) is 4.94. The lowest BCUT2D eigenvalue weighted by Gasteiger charge is -2.28. The van der Waals surface area contributed by atoms with Gasteiger partial charge in [-0.25, -0.2) is 4.39 Å². The van der Waals surface area contributed by atoms with Crippen LogP contribution in [0.25, 0.3) is 0 Å². The quantitative estimate of drug-likeness (QED) is 0.394. The molecule has 34 heavy (non-hydrogen) atoms. The molecule has 1 aliphatic heterocycles. The number of carbonyl (C=O) groups excluding carboxylic acids is 1. The lowest BCUT2D eigenvalue weighted by molar-refractivity contribution is -0.116. The van der Waals surface area contributed by atoms with Gasteiger partial charge in [0.2, 0.25) is 5.91 Å². The number of thioether (sulfide) groups is 1. The molecule has 1 aliphatic rings. The Kier molecular flexibility index (Phi) is 6.92. The first kappa shape index (κ1) is 23.8. The predicted molar refractivity (Wildman–Crippen MR) is 129 cm³/mol. The summed E-state index contributed by atoms with van der Waals surface area (Å²) in [5.41, 5.74) is 1.72. The van der Waals surface area contributed by atoms with E-state index in [-0.39, 0.29) is 29.8 Å². The summed E-state index contributed by atoms with van der Waals surface area (Å²) in [5, 5.41) is 3.31. The molecule has 1 aromatic heterocycles. The number of rotatable bonds is 7. The minimum atomic E-state index is -0.465. The molecule has 1 amide bonds. The summed E-state index contributed by atoms with van der Waals surface area (Å²) in [4.78, 5) is 30.1. The highest BCUT2D eigenvalue weighted by Crippen LogP contribution is 2.39. The van der Waals surface area contributed by atoms with Crippen LogP contribution in [0.1, 0.15) is 42.9 Å². The molecule has 1 N–H and O–H groups in total. The zero-order valence-electron chi connectivity index (χ0n) is 19.4. The number of ether oxygens (including phenoxy) is 2. The highest BCUT2D eigenvalue weighted by Gasteiger charge is 2.32. The third-order valence-electron chi connectivity index (χ3n) is 5.53. The lowest BCUT2D eigenvalue weighted by atomic mass is 9.86. The number of halogens is 1. The van der Waals surface area contributed by atoms with Crippen LogP contribution in [0.4, 0.5) is 10.2 Å². The zero-order valence-corrected chi connectivity index (χ0v) is 20.2. The van der Waals surface area contributed by atoms with Crippen molar-refractivity contribution in [2.45, 2.75) is 43.2 Å². The topological polar surface area (TPSA) is 82.5 Å². The van der Waals surface area contributed by atoms with Gasteiger partial charge in [0.05, 0.1) is 18.8 Å². The molecule has 0 saturated carbocycles. The Morgan fingerprint density at radius 3 is 2.59 bits per heavy atom. The fourth-order valence-corrected chi connectivity index (χ4v) is 4.85. The monoisotopic (exact) mass is 483 g/mol. The molecule has 9 heteroatoms. The van der Waals surface area contributed by atoms with Crippen LogP contribution in [-0.2, 0) is 17.6 Å². The Balaban J connectivity index is 1.69. The maximum absolute atomic E-state index is 13.2. The van der Waals surface area contributed by atoms with E-state index < -0.39 is 5.92 Å². The summed E-state index contributed by atoms with van der Waals surface area (Å²) in [6.07, 6.45) is 0.0998. The number of fused-ring (bicyclic) bond motifs is 1. The van der Waals surface area contributed by atoms with Gasteiger partial charge in [-0.1, -0.05) is 30.0 Å². The second-order valence-electron chi connectivity index (χ2n) is 8.32. The van der Waals surface area contributed by atoms with Crippen LogP contribution >= 0.6 is 11.8 Å². The van der Waals surface area contributed by atoms with Crippen molar-refractivity contribution in [3.8, 4) is 11.5 Å². The van der Waals surface area contributed by atoms with Crippen LogP contribution in [0.2, 0.25) is 0 Å². The molecule has 178 valence electrons. The number of amides is 1. The Morgan fingerprint density at radius 1 is 1.18 bits per heavy atom. The Labute approximate surface area is 201 Å². The summed E-state index contributed by atoms with van der Waals surface area (Å²) in [7, 11) is 3.32. The van der Waals surface area contributed by atoms with Crippen LogP contribution < -0.4 is 20.3 Å². The minimum Gasteiger partial charge on any atom is -0.493 e. The maximum atomic E-state index is 13.2. The number of nitrogens with zero attached hydrogens (tertiary/aromatic N) is 2. The average Bonchev–Trinajstić information content (AvgIpc) is 2.80. The number of methoxy groups -OCH3 is 1. The number of aromatic nitrogens is 2. The third-order valence-corrected chi connectivity index (χ3v) is 6.64. The molecule has 3 aromatic rings. The fraction of sp³-hybridized carbons (Fsp3) is 0.320. The Hall–Kier alpha value is -3.33. The first-order valence-electron chi connectivity index (χ1n) is 10.9. The van der Waals surface area contributed by atoms with Crippen molar-refractivity contribution in [1.82, 2.24) is 9.55 Å². The molecular formula is C25H26FN3O4S. The molecule has 2 heterocycles. The Bertz CT molecular complexity index is 1270. The zero-order chi connectivity index (χ0) is 24.4. The molecule has 4 rings (SSSR count). The summed E-state index contributed by atoms with van der Waals surface area (Å²) >= 11 is 1.35. The van der Waals surface area contributed by atoms with Crippen molar-refractivity contribution in [1.29, 1.82) is 0 Å². The first-order chi connectivity index (χ1) is 16.3. The van der Waals surface area contributed by atoms with Gasteiger partial charge in [-0.05, 0) is 49.2 Å². The van der Waals surface area contributed by atoms with E-state index in [4.69, 9.17) is 9.47 Å². The van der Waals surface area contributed by atoms with Crippen molar-refractivity contribution in [3.05, 3.63) is 75.3 Å². The van der Waals surface area contributed by atoms with Crippen molar-refractivity contribution >= 4 is 23.5 Å². The second-order valence-corrected chi connectivity index (χ2v) is 9.26. The smallest absolute Gasteiger partial charge is 0.279 e. The standard InChI is InChI=1S/C25H26FN3O4S/c1-14(2)33-19-10-7-16(11-20(19)32-4)18-12-21(30)27-23-22(18)24(31)28-25(29(23)3)34-13-15-5-8-17(26)9-6-15/h5-11,14,18H,12-13H2,1-4H3,(H,27,30). The summed E-state index contributed by atoms with van der Waals surface area (Å²) in [6.45, 7) is 3.85. The van der Waals surface area contributed by atoms with Crippen LogP contribution in [0, 0.1) is 5.82 Å². The number of nitrogens with one attached hydrogen (secondary N) is 1. The molecule has 1 atom stereocenters. The van der Waals surface area contributed by atoms with E-state index in [0.717, 1.165) is 11.1 Å². The summed E-state index contributed by atoms with van der Waals surface area (Å²) in [6, 6.07) is 11.6. The van der Waals surface area contributed by atoms with Crippen LogP contribution in [0.15, 0.2) is 52.4 Å². The summed E-state index contributed by atoms with van der Waals surface area (Å²) in [5.74, 6) is 1.12. The molecule has 0 radical (unpaired) electrons. The van der Waals surface area contributed by atoms with Gasteiger partial charge in [0.15, 0.2) is 16.7 Å². The molecule has 0 saturated heterocycles. The van der Waals surface area contributed by atoms with Crippen molar-refractivity contribution in [2.24, 2.45) is 7.05 Å². The van der Waals surface area contributed by atoms with Gasteiger partial charge < -0.3 is 19.4 Å². The lowest BCUT2D eigenvalue weighted by Crippen LogP contribution is -2.33. The molecular weight excluding hydrogens is 457 g/mol. The molecule has 0 spiro atoms. The van der Waals surface area contributed by atoms with Gasteiger partial charge in [-0.3, -0.25) is 9.59 Å². The van der Waals surface area contributed by atoms with Crippen LogP contribution in [-0.4, -0.2) is 28.7 Å². The van der Waals surface area contributed by atoms with E-state index in [0.29, 0.717) is 33.8 Å². The molecule has 2 aromatic carbocycles. The van der Waals surface area contributed by atoms with Crippen molar-refractivity contribution in [2.75, 3.05) is 12.4 Å². The van der Waals surface area contributed by atoms with Crippen LogP contribution in [0.3, 0.4) is 0 Å². The van der Waals surface area contributed by atoms with Gasteiger partial charge >= 0.3 is 0 Å². The largest absolute Gasteiger partial charge is 0.493 e. The molecule has 1 unspecified atom stereocenters. The maximum Gasteiger partial charge on any atom is 0.279 e. The van der Waals surface area contributed by atoms with Crippen molar-refractivity contribution in [3.63, 3.8) is 0 Å². The van der Waals surface area contributed by atoms with Gasteiger partial charge in [-0.15, -0.1) is 0 Å². The number of carbonyl (C=O) groups is 1. The fourth-order valence-electron chi connectivity index (χ4n) is 3.93. The van der Waals surface area contributed by atoms with Gasteiger partial charge in [0, 0.05) is 25.1 Å². The van der Waals surface area contributed by atoms with Gasteiger partial charge in [0.1, 0.15) is 11.6 Å². The van der Waals surface area contributed by atoms with Crippen molar-refractivity contribution < 1.29 is 18.7 Å². The highest BCUT2D eigenvalue weighted by molar-refractivity contribution is 7.98. The Morgan fingerprint density at radius 2 is 1.91 bits per heavy atom. The number of hydrogen-bond acceptors (Lipinski definition) is 6. The van der Waals surface area contributed by atoms with Crippen LogP contribution in [0.5, 0.6) is 11.5 Å².